The molecule has 4 heterocycles. The van der Waals surface area contributed by atoms with Gasteiger partial charge in [0.05, 0.1) is 12.5 Å². The Bertz CT molecular complexity index is 1170. The molecule has 1 atom stereocenters. The van der Waals surface area contributed by atoms with Gasteiger partial charge in [-0.3, -0.25) is 19.5 Å². The highest BCUT2D eigenvalue weighted by Crippen LogP contribution is 2.35. The molecule has 0 N–H and O–H groups in total. The van der Waals surface area contributed by atoms with Crippen LogP contribution >= 0.6 is 0 Å². The highest BCUT2D eigenvalue weighted by Gasteiger charge is 2.35. The molecule has 0 saturated carbocycles. The fourth-order valence-corrected chi connectivity index (χ4v) is 4.74. The molecule has 168 valence electrons. The molecule has 2 aromatic heterocycles. The van der Waals surface area contributed by atoms with E-state index in [0.717, 1.165) is 36.9 Å². The van der Waals surface area contributed by atoms with Gasteiger partial charge in [-0.05, 0) is 50.3 Å². The SMILES string of the molecule is Cc1nc(C2CCCCN2C(=O)c2ccccn2)nc2c1CC(=O)N2CCc1ccccc1. The molecule has 5 rings (SSSR count). The van der Waals surface area contributed by atoms with Gasteiger partial charge in [0.2, 0.25) is 5.91 Å². The van der Waals surface area contributed by atoms with Gasteiger partial charge in [-0.15, -0.1) is 0 Å². The summed E-state index contributed by atoms with van der Waals surface area (Å²) in [4.78, 5) is 43.6. The highest BCUT2D eigenvalue weighted by molar-refractivity contribution is 6.00. The maximum Gasteiger partial charge on any atom is 0.273 e. The van der Waals surface area contributed by atoms with Crippen LogP contribution in [-0.2, 0) is 17.6 Å². The standard InChI is InChI=1S/C26H27N5O2/c1-18-20-17-23(32)31(16-13-19-9-3-2-4-10-19)25(20)29-24(28-18)22-12-6-8-15-30(22)26(33)21-11-5-7-14-27-21/h2-5,7,9-11,14,22H,6,8,12-13,15-17H2,1H3. The molecule has 0 radical (unpaired) electrons. The number of rotatable bonds is 5. The number of aryl methyl sites for hydroxylation is 1. The first-order valence-electron chi connectivity index (χ1n) is 11.6. The van der Waals surface area contributed by atoms with E-state index < -0.39 is 0 Å². The predicted molar refractivity (Wildman–Crippen MR) is 125 cm³/mol. The Labute approximate surface area is 193 Å². The van der Waals surface area contributed by atoms with Crippen LogP contribution in [0.15, 0.2) is 54.7 Å². The molecule has 0 bridgehead atoms. The van der Waals surface area contributed by atoms with Crippen LogP contribution in [0, 0.1) is 6.92 Å². The van der Waals surface area contributed by atoms with Gasteiger partial charge in [-0.1, -0.05) is 36.4 Å². The van der Waals surface area contributed by atoms with Gasteiger partial charge in [-0.2, -0.15) is 0 Å². The van der Waals surface area contributed by atoms with E-state index in [1.807, 2.05) is 36.1 Å². The second-order valence-electron chi connectivity index (χ2n) is 8.65. The first-order valence-corrected chi connectivity index (χ1v) is 11.6. The number of anilines is 1. The molecule has 1 aromatic carbocycles. The third-order valence-corrected chi connectivity index (χ3v) is 6.51. The van der Waals surface area contributed by atoms with Crippen LogP contribution in [0.3, 0.4) is 0 Å². The first kappa shape index (κ1) is 21.2. The van der Waals surface area contributed by atoms with E-state index >= 15 is 0 Å². The first-order chi connectivity index (χ1) is 16.1. The Balaban J connectivity index is 1.44. The van der Waals surface area contributed by atoms with Crippen molar-refractivity contribution in [3.63, 3.8) is 0 Å². The Morgan fingerprint density at radius 3 is 2.67 bits per heavy atom. The quantitative estimate of drug-likeness (QED) is 0.604. The number of pyridine rings is 1. The van der Waals surface area contributed by atoms with Crippen molar-refractivity contribution in [3.05, 3.63) is 83.1 Å². The molecular formula is C26H27N5O2. The van der Waals surface area contributed by atoms with Crippen molar-refractivity contribution in [3.8, 4) is 0 Å². The molecule has 0 aliphatic carbocycles. The van der Waals surface area contributed by atoms with Gasteiger partial charge in [-0.25, -0.2) is 9.97 Å². The van der Waals surface area contributed by atoms with Crippen molar-refractivity contribution in [2.75, 3.05) is 18.0 Å². The normalized spacial score (nSPS) is 17.8. The van der Waals surface area contributed by atoms with E-state index in [9.17, 15) is 9.59 Å². The lowest BCUT2D eigenvalue weighted by atomic mass is 10.00. The molecule has 1 unspecified atom stereocenters. The minimum absolute atomic E-state index is 0.0561. The van der Waals surface area contributed by atoms with Gasteiger partial charge in [0.25, 0.3) is 5.91 Å². The monoisotopic (exact) mass is 441 g/mol. The Hall–Kier alpha value is -3.61. The summed E-state index contributed by atoms with van der Waals surface area (Å²) < 4.78 is 0. The van der Waals surface area contributed by atoms with E-state index in [0.29, 0.717) is 36.8 Å². The molecule has 3 aromatic rings. The number of piperidine rings is 1. The van der Waals surface area contributed by atoms with Crippen molar-refractivity contribution in [1.29, 1.82) is 0 Å². The van der Waals surface area contributed by atoms with E-state index in [-0.39, 0.29) is 17.9 Å². The van der Waals surface area contributed by atoms with Gasteiger partial charge in [0.15, 0.2) is 5.82 Å². The third-order valence-electron chi connectivity index (χ3n) is 6.51. The summed E-state index contributed by atoms with van der Waals surface area (Å²) in [7, 11) is 0. The van der Waals surface area contributed by atoms with E-state index in [2.05, 4.69) is 17.1 Å². The van der Waals surface area contributed by atoms with Crippen LogP contribution in [0.4, 0.5) is 5.82 Å². The number of nitrogens with zero attached hydrogens (tertiary/aromatic N) is 5. The fraction of sp³-hybridized carbons (Fsp3) is 0.346. The molecule has 1 saturated heterocycles. The van der Waals surface area contributed by atoms with Crippen LogP contribution in [0.5, 0.6) is 0 Å². The topological polar surface area (TPSA) is 79.3 Å². The average molecular weight is 442 g/mol. The van der Waals surface area contributed by atoms with E-state index in [1.54, 1.807) is 23.2 Å². The molecule has 7 heteroatoms. The number of benzene rings is 1. The number of carbonyl (C=O) groups is 2. The maximum absolute atomic E-state index is 13.2. The van der Waals surface area contributed by atoms with Crippen LogP contribution in [-0.4, -0.2) is 44.8 Å². The van der Waals surface area contributed by atoms with Crippen molar-refractivity contribution in [2.24, 2.45) is 0 Å². The number of fused-ring (bicyclic) bond motifs is 1. The van der Waals surface area contributed by atoms with E-state index in [1.165, 1.54) is 5.56 Å². The van der Waals surface area contributed by atoms with Crippen LogP contribution in [0.25, 0.3) is 0 Å². The maximum atomic E-state index is 13.2. The number of hydrogen-bond donors (Lipinski definition) is 0. The van der Waals surface area contributed by atoms with Crippen LogP contribution < -0.4 is 4.90 Å². The van der Waals surface area contributed by atoms with Crippen molar-refractivity contribution < 1.29 is 9.59 Å². The average Bonchev–Trinajstić information content (AvgIpc) is 3.19. The molecule has 33 heavy (non-hydrogen) atoms. The van der Waals surface area contributed by atoms with Crippen LogP contribution in [0.1, 0.15) is 58.4 Å². The number of likely N-dealkylation sites (tertiary alicyclic amines) is 1. The number of hydrogen-bond acceptors (Lipinski definition) is 5. The molecule has 7 nitrogen and oxygen atoms in total. The minimum Gasteiger partial charge on any atom is -0.327 e. The summed E-state index contributed by atoms with van der Waals surface area (Å²) >= 11 is 0. The summed E-state index contributed by atoms with van der Waals surface area (Å²) in [5.74, 6) is 1.28. The lowest BCUT2D eigenvalue weighted by Crippen LogP contribution is -2.40. The molecule has 2 amide bonds. The summed E-state index contributed by atoms with van der Waals surface area (Å²) in [6, 6.07) is 15.3. The molecular weight excluding hydrogens is 414 g/mol. The van der Waals surface area contributed by atoms with Gasteiger partial charge in [0, 0.05) is 30.5 Å². The number of aromatic nitrogens is 3. The lowest BCUT2D eigenvalue weighted by molar-refractivity contribution is -0.117. The Morgan fingerprint density at radius 1 is 1.06 bits per heavy atom. The molecule has 2 aliphatic heterocycles. The van der Waals surface area contributed by atoms with E-state index in [4.69, 9.17) is 9.97 Å². The second-order valence-corrected chi connectivity index (χ2v) is 8.65. The number of carbonyl (C=O) groups excluding carboxylic acids is 2. The predicted octanol–water partition coefficient (Wildman–Crippen LogP) is 3.68. The fourth-order valence-electron chi connectivity index (χ4n) is 4.74. The highest BCUT2D eigenvalue weighted by atomic mass is 16.2. The van der Waals surface area contributed by atoms with Crippen molar-refractivity contribution >= 4 is 17.6 Å². The Morgan fingerprint density at radius 2 is 1.88 bits per heavy atom. The van der Waals surface area contributed by atoms with Gasteiger partial charge < -0.3 is 4.90 Å². The zero-order valence-electron chi connectivity index (χ0n) is 18.8. The summed E-state index contributed by atoms with van der Waals surface area (Å²) in [5.41, 5.74) is 3.34. The largest absolute Gasteiger partial charge is 0.327 e. The second kappa shape index (κ2) is 9.10. The van der Waals surface area contributed by atoms with Crippen molar-refractivity contribution in [2.45, 2.75) is 45.1 Å². The lowest BCUT2D eigenvalue weighted by Gasteiger charge is -2.35. The Kier molecular flexibility index (Phi) is 5.86. The summed E-state index contributed by atoms with van der Waals surface area (Å²) in [6.45, 7) is 3.16. The molecule has 1 fully saturated rings. The summed E-state index contributed by atoms with van der Waals surface area (Å²) in [6.07, 6.45) is 5.48. The summed E-state index contributed by atoms with van der Waals surface area (Å²) in [5, 5.41) is 0. The minimum atomic E-state index is -0.219. The van der Waals surface area contributed by atoms with Gasteiger partial charge in [0.1, 0.15) is 11.5 Å². The van der Waals surface area contributed by atoms with Gasteiger partial charge >= 0.3 is 0 Å². The zero-order valence-corrected chi connectivity index (χ0v) is 18.8. The van der Waals surface area contributed by atoms with Crippen molar-refractivity contribution in [1.82, 2.24) is 19.9 Å². The molecule has 0 spiro atoms. The zero-order chi connectivity index (χ0) is 22.8. The van der Waals surface area contributed by atoms with Crippen LogP contribution in [0.2, 0.25) is 0 Å². The number of amides is 2. The smallest absolute Gasteiger partial charge is 0.273 e. The molecule has 2 aliphatic rings. The third kappa shape index (κ3) is 4.23.